The van der Waals surface area contributed by atoms with E-state index < -0.39 is 0 Å². The number of nitrogens with zero attached hydrogens (tertiary/aromatic N) is 2. The summed E-state index contributed by atoms with van der Waals surface area (Å²) in [7, 11) is 0. The van der Waals surface area contributed by atoms with Gasteiger partial charge in [0.2, 0.25) is 0 Å². The van der Waals surface area contributed by atoms with Crippen LogP contribution in [0.4, 0.5) is 5.13 Å². The van der Waals surface area contributed by atoms with Gasteiger partial charge in [0.15, 0.2) is 16.6 Å². The number of aromatic nitrogens is 1. The first kappa shape index (κ1) is 18.7. The first-order valence-corrected chi connectivity index (χ1v) is 10.7. The smallest absolute Gasteiger partial charge is 0.260 e. The molecule has 0 spiro atoms. The topological polar surface area (TPSA) is 64.8 Å². The molecule has 1 amide bonds. The molecule has 0 atom stereocenters. The molecule has 5 rings (SSSR count). The highest BCUT2D eigenvalue weighted by atomic mass is 32.1. The summed E-state index contributed by atoms with van der Waals surface area (Å²) >= 11 is 1.50. The summed E-state index contributed by atoms with van der Waals surface area (Å²) in [5, 5.41) is 0.634. The molecule has 0 N–H and O–H groups in total. The number of amides is 1. The number of thiazole rings is 1. The van der Waals surface area contributed by atoms with Gasteiger partial charge in [0, 0.05) is 5.56 Å². The average molecular weight is 420 g/mol. The molecule has 6 nitrogen and oxygen atoms in total. The van der Waals surface area contributed by atoms with E-state index in [2.05, 4.69) is 19.1 Å². The van der Waals surface area contributed by atoms with E-state index in [1.54, 1.807) is 29.4 Å². The predicted molar refractivity (Wildman–Crippen MR) is 116 cm³/mol. The van der Waals surface area contributed by atoms with Crippen LogP contribution in [0.25, 0.3) is 10.2 Å². The molecule has 1 aliphatic heterocycles. The molecule has 2 aromatic carbocycles. The number of hydrogen-bond acceptors (Lipinski definition) is 6. The third-order valence-electron chi connectivity index (χ3n) is 5.01. The van der Waals surface area contributed by atoms with Crippen LogP contribution >= 0.6 is 11.3 Å². The number of carbonyl (C=O) groups excluding carboxylic acids is 1. The van der Waals surface area contributed by atoms with Crippen molar-refractivity contribution in [2.75, 3.05) is 18.1 Å². The average Bonchev–Trinajstić information content (AvgIpc) is 3.45. The maximum Gasteiger partial charge on any atom is 0.260 e. The number of furan rings is 1. The molecule has 0 saturated heterocycles. The molecule has 152 valence electrons. The second kappa shape index (κ2) is 7.84. The fourth-order valence-corrected chi connectivity index (χ4v) is 4.44. The van der Waals surface area contributed by atoms with Gasteiger partial charge in [-0.2, -0.15) is 0 Å². The molecule has 30 heavy (non-hydrogen) atoms. The second-order valence-electron chi connectivity index (χ2n) is 6.98. The minimum absolute atomic E-state index is 0.168. The molecule has 1 aliphatic rings. The fraction of sp³-hybridized carbons (Fsp3) is 0.217. The van der Waals surface area contributed by atoms with E-state index in [9.17, 15) is 4.79 Å². The lowest BCUT2D eigenvalue weighted by molar-refractivity contribution is 0.0982. The van der Waals surface area contributed by atoms with Crippen molar-refractivity contribution in [2.24, 2.45) is 0 Å². The Balaban J connectivity index is 1.54. The number of aryl methyl sites for hydroxylation is 1. The second-order valence-corrected chi connectivity index (χ2v) is 7.99. The lowest BCUT2D eigenvalue weighted by Crippen LogP contribution is -2.30. The van der Waals surface area contributed by atoms with E-state index in [1.165, 1.54) is 16.9 Å². The number of fused-ring (bicyclic) bond motifs is 2. The van der Waals surface area contributed by atoms with Crippen molar-refractivity contribution >= 4 is 32.6 Å². The van der Waals surface area contributed by atoms with Gasteiger partial charge in [0.1, 0.15) is 19.0 Å². The Kier molecular flexibility index (Phi) is 4.88. The van der Waals surface area contributed by atoms with Gasteiger partial charge in [-0.05, 0) is 54.4 Å². The first-order valence-electron chi connectivity index (χ1n) is 9.84. The summed E-state index contributed by atoms with van der Waals surface area (Å²) in [6.45, 7) is 3.40. The highest BCUT2D eigenvalue weighted by Gasteiger charge is 2.24. The third kappa shape index (κ3) is 3.52. The summed E-state index contributed by atoms with van der Waals surface area (Å²) in [6, 6.07) is 15.1. The predicted octanol–water partition coefficient (Wildman–Crippen LogP) is 5.07. The van der Waals surface area contributed by atoms with Crippen molar-refractivity contribution in [2.45, 2.75) is 19.9 Å². The van der Waals surface area contributed by atoms with Crippen LogP contribution in [0.2, 0.25) is 0 Å². The van der Waals surface area contributed by atoms with Gasteiger partial charge in [-0.1, -0.05) is 24.3 Å². The van der Waals surface area contributed by atoms with E-state index >= 15 is 0 Å². The summed E-state index contributed by atoms with van der Waals surface area (Å²) < 4.78 is 17.8. The Morgan fingerprint density at radius 1 is 1.10 bits per heavy atom. The SMILES string of the molecule is CCc1ccc2nc(N(Cc3ccco3)C(=O)c3ccc4c(c3)OCCO4)sc2c1. The van der Waals surface area contributed by atoms with Gasteiger partial charge in [0.05, 0.1) is 23.0 Å². The normalized spacial score (nSPS) is 12.8. The molecule has 0 radical (unpaired) electrons. The Morgan fingerprint density at radius 3 is 2.77 bits per heavy atom. The molecule has 4 aromatic rings. The largest absolute Gasteiger partial charge is 0.486 e. The fourth-order valence-electron chi connectivity index (χ4n) is 3.41. The van der Waals surface area contributed by atoms with Gasteiger partial charge in [0.25, 0.3) is 5.91 Å². The van der Waals surface area contributed by atoms with Crippen molar-refractivity contribution in [1.29, 1.82) is 0 Å². The maximum atomic E-state index is 13.5. The monoisotopic (exact) mass is 420 g/mol. The number of ether oxygens (including phenoxy) is 2. The summed E-state index contributed by atoms with van der Waals surface area (Å²) in [5.41, 5.74) is 2.64. The van der Waals surface area contributed by atoms with Crippen molar-refractivity contribution in [3.63, 3.8) is 0 Å². The molecule has 2 aromatic heterocycles. The highest BCUT2D eigenvalue weighted by Crippen LogP contribution is 2.34. The van der Waals surface area contributed by atoms with Gasteiger partial charge >= 0.3 is 0 Å². The van der Waals surface area contributed by atoms with E-state index in [1.807, 2.05) is 18.2 Å². The van der Waals surface area contributed by atoms with Gasteiger partial charge < -0.3 is 13.9 Å². The van der Waals surface area contributed by atoms with Gasteiger partial charge in [-0.3, -0.25) is 9.69 Å². The minimum atomic E-state index is -0.168. The van der Waals surface area contributed by atoms with Gasteiger partial charge in [-0.15, -0.1) is 0 Å². The summed E-state index contributed by atoms with van der Waals surface area (Å²) in [6.07, 6.45) is 2.56. The molecule has 0 fully saturated rings. The van der Waals surface area contributed by atoms with Crippen LogP contribution in [0.3, 0.4) is 0 Å². The molecular formula is C23H20N2O4S. The van der Waals surface area contributed by atoms with Crippen LogP contribution in [-0.4, -0.2) is 24.1 Å². The highest BCUT2D eigenvalue weighted by molar-refractivity contribution is 7.22. The zero-order chi connectivity index (χ0) is 20.5. The van der Waals surface area contributed by atoms with Crippen molar-refractivity contribution < 1.29 is 18.7 Å². The van der Waals surface area contributed by atoms with Crippen LogP contribution in [0.15, 0.2) is 59.2 Å². The zero-order valence-electron chi connectivity index (χ0n) is 16.5. The molecule has 7 heteroatoms. The zero-order valence-corrected chi connectivity index (χ0v) is 17.3. The quantitative estimate of drug-likeness (QED) is 0.451. The van der Waals surface area contributed by atoms with E-state index in [-0.39, 0.29) is 5.91 Å². The maximum absolute atomic E-state index is 13.5. The minimum Gasteiger partial charge on any atom is -0.486 e. The van der Waals surface area contributed by atoms with Gasteiger partial charge in [-0.25, -0.2) is 4.98 Å². The van der Waals surface area contributed by atoms with E-state index in [0.29, 0.717) is 47.7 Å². The summed E-state index contributed by atoms with van der Waals surface area (Å²) in [4.78, 5) is 19.9. The van der Waals surface area contributed by atoms with Crippen LogP contribution in [0, 0.1) is 0 Å². The molecule has 0 aliphatic carbocycles. The Labute approximate surface area is 177 Å². The number of anilines is 1. The Bertz CT molecular complexity index is 1200. The van der Waals surface area contributed by atoms with E-state index in [4.69, 9.17) is 18.9 Å². The lowest BCUT2D eigenvalue weighted by Gasteiger charge is -2.21. The van der Waals surface area contributed by atoms with Crippen LogP contribution in [0.5, 0.6) is 11.5 Å². The van der Waals surface area contributed by atoms with Crippen molar-refractivity contribution in [3.05, 3.63) is 71.7 Å². The first-order chi connectivity index (χ1) is 14.7. The van der Waals surface area contributed by atoms with Crippen molar-refractivity contribution in [3.8, 4) is 11.5 Å². The number of rotatable bonds is 5. The lowest BCUT2D eigenvalue weighted by atomic mass is 10.1. The third-order valence-corrected chi connectivity index (χ3v) is 6.05. The number of carbonyl (C=O) groups is 1. The van der Waals surface area contributed by atoms with Crippen molar-refractivity contribution in [1.82, 2.24) is 4.98 Å². The molecule has 0 bridgehead atoms. The Hall–Kier alpha value is -3.32. The Morgan fingerprint density at radius 2 is 1.97 bits per heavy atom. The number of benzene rings is 2. The number of hydrogen-bond donors (Lipinski definition) is 0. The van der Waals surface area contributed by atoms with E-state index in [0.717, 1.165) is 16.6 Å². The van der Waals surface area contributed by atoms with Crippen LogP contribution in [0.1, 0.15) is 28.6 Å². The molecular weight excluding hydrogens is 400 g/mol. The summed E-state index contributed by atoms with van der Waals surface area (Å²) in [5.74, 6) is 1.76. The van der Waals surface area contributed by atoms with Crippen LogP contribution < -0.4 is 14.4 Å². The molecule has 3 heterocycles. The van der Waals surface area contributed by atoms with Crippen LogP contribution in [-0.2, 0) is 13.0 Å². The standard InChI is InChI=1S/C23H20N2O4S/c1-2-15-5-7-18-21(12-15)30-23(24-18)25(14-17-4-3-9-27-17)22(26)16-6-8-19-20(13-16)29-11-10-28-19/h3-9,12-13H,2,10-11,14H2,1H3. The molecule has 0 unspecified atom stereocenters. The molecule has 0 saturated carbocycles.